The van der Waals surface area contributed by atoms with Crippen molar-refractivity contribution in [3.8, 4) is 5.75 Å². The molecule has 0 aliphatic carbocycles. The molecule has 1 aromatic heterocycles. The quantitative estimate of drug-likeness (QED) is 0.523. The number of fused-ring (bicyclic) bond motifs is 1. The molecule has 0 spiro atoms. The van der Waals surface area contributed by atoms with Crippen molar-refractivity contribution < 1.29 is 9.53 Å². The van der Waals surface area contributed by atoms with Crippen molar-refractivity contribution in [3.05, 3.63) is 59.4 Å². The molecule has 0 radical (unpaired) electrons. The number of aromatic nitrogens is 2. The van der Waals surface area contributed by atoms with Gasteiger partial charge in [-0.3, -0.25) is 4.79 Å². The van der Waals surface area contributed by atoms with Gasteiger partial charge >= 0.3 is 0 Å². The highest BCUT2D eigenvalue weighted by Gasteiger charge is 2.12. The summed E-state index contributed by atoms with van der Waals surface area (Å²) in [6, 6.07) is 14.5. The number of benzene rings is 2. The Labute approximate surface area is 173 Å². The highest BCUT2D eigenvalue weighted by molar-refractivity contribution is 5.77. The number of nitrogens with one attached hydrogen (secondary N) is 1. The molecule has 1 heterocycles. The summed E-state index contributed by atoms with van der Waals surface area (Å²) < 4.78 is 8.33. The standard InChI is InChI=1S/C24H31N3O2/c1-5-24(28)25-16-23-26-20-9-6-7-10-21(20)27(23)13-8-14-29-22-15-18(4)11-12-19(22)17(2)3/h6-7,9-12,15,17H,5,8,13-14,16H2,1-4H3,(H,25,28). The Morgan fingerprint density at radius 1 is 1.21 bits per heavy atom. The summed E-state index contributed by atoms with van der Waals surface area (Å²) in [6.45, 7) is 10.2. The zero-order valence-electron chi connectivity index (χ0n) is 17.9. The molecule has 2 aromatic carbocycles. The number of amides is 1. The van der Waals surface area contributed by atoms with E-state index in [1.165, 1.54) is 11.1 Å². The largest absolute Gasteiger partial charge is 0.493 e. The molecule has 0 unspecified atom stereocenters. The average Bonchev–Trinajstić information content (AvgIpc) is 3.06. The first-order valence-corrected chi connectivity index (χ1v) is 10.4. The Bertz CT molecular complexity index is 975. The van der Waals surface area contributed by atoms with Crippen LogP contribution in [0.1, 0.15) is 56.5 Å². The Morgan fingerprint density at radius 2 is 2.00 bits per heavy atom. The molecule has 3 rings (SSSR count). The van der Waals surface area contributed by atoms with Gasteiger partial charge in [0.2, 0.25) is 5.91 Å². The predicted molar refractivity (Wildman–Crippen MR) is 117 cm³/mol. The number of nitrogens with zero attached hydrogens (tertiary/aromatic N) is 2. The summed E-state index contributed by atoms with van der Waals surface area (Å²) in [5, 5.41) is 2.94. The van der Waals surface area contributed by atoms with Crippen molar-refractivity contribution in [2.75, 3.05) is 6.61 Å². The van der Waals surface area contributed by atoms with Crippen molar-refractivity contribution >= 4 is 16.9 Å². The fourth-order valence-corrected chi connectivity index (χ4v) is 3.46. The number of hydrogen-bond acceptors (Lipinski definition) is 3. The van der Waals surface area contributed by atoms with Crippen LogP contribution in [0.2, 0.25) is 0 Å². The molecular formula is C24H31N3O2. The Balaban J connectivity index is 1.69. The lowest BCUT2D eigenvalue weighted by Crippen LogP contribution is -2.24. The molecule has 5 heteroatoms. The van der Waals surface area contributed by atoms with Gasteiger partial charge in [-0.1, -0.05) is 45.0 Å². The molecule has 0 saturated carbocycles. The smallest absolute Gasteiger partial charge is 0.220 e. The van der Waals surface area contributed by atoms with Gasteiger partial charge in [0.05, 0.1) is 24.2 Å². The van der Waals surface area contributed by atoms with Crippen LogP contribution in [0, 0.1) is 6.92 Å². The van der Waals surface area contributed by atoms with Gasteiger partial charge in [0, 0.05) is 13.0 Å². The lowest BCUT2D eigenvalue weighted by Gasteiger charge is -2.15. The van der Waals surface area contributed by atoms with E-state index in [9.17, 15) is 4.79 Å². The highest BCUT2D eigenvalue weighted by atomic mass is 16.5. The molecule has 29 heavy (non-hydrogen) atoms. The fourth-order valence-electron chi connectivity index (χ4n) is 3.46. The van der Waals surface area contributed by atoms with Crippen molar-refractivity contribution in [3.63, 3.8) is 0 Å². The molecule has 154 valence electrons. The van der Waals surface area contributed by atoms with Crippen LogP contribution in [0.15, 0.2) is 42.5 Å². The van der Waals surface area contributed by atoms with Crippen LogP contribution in [-0.4, -0.2) is 22.1 Å². The zero-order valence-corrected chi connectivity index (χ0v) is 17.9. The zero-order chi connectivity index (χ0) is 20.8. The highest BCUT2D eigenvalue weighted by Crippen LogP contribution is 2.27. The maximum absolute atomic E-state index is 11.7. The topological polar surface area (TPSA) is 56.2 Å². The van der Waals surface area contributed by atoms with Gasteiger partial charge in [-0.05, 0) is 48.6 Å². The first-order chi connectivity index (χ1) is 14.0. The molecular weight excluding hydrogens is 362 g/mol. The van der Waals surface area contributed by atoms with Crippen LogP contribution >= 0.6 is 0 Å². The molecule has 0 bridgehead atoms. The summed E-state index contributed by atoms with van der Waals surface area (Å²) in [6.07, 6.45) is 1.34. The summed E-state index contributed by atoms with van der Waals surface area (Å²) in [5.74, 6) is 2.32. The lowest BCUT2D eigenvalue weighted by atomic mass is 10.0. The molecule has 0 aliphatic rings. The second-order valence-electron chi connectivity index (χ2n) is 7.70. The normalized spacial score (nSPS) is 11.2. The second-order valence-corrected chi connectivity index (χ2v) is 7.70. The van der Waals surface area contributed by atoms with Gasteiger partial charge < -0.3 is 14.6 Å². The minimum absolute atomic E-state index is 0.0348. The summed E-state index contributed by atoms with van der Waals surface area (Å²) in [7, 11) is 0. The van der Waals surface area contributed by atoms with E-state index in [1.54, 1.807) is 0 Å². The van der Waals surface area contributed by atoms with Gasteiger partial charge in [-0.15, -0.1) is 0 Å². The lowest BCUT2D eigenvalue weighted by molar-refractivity contribution is -0.120. The number of carbonyl (C=O) groups excluding carboxylic acids is 1. The van der Waals surface area contributed by atoms with Crippen LogP contribution in [-0.2, 0) is 17.9 Å². The minimum Gasteiger partial charge on any atom is -0.493 e. The van der Waals surface area contributed by atoms with Gasteiger partial charge in [-0.2, -0.15) is 0 Å². The predicted octanol–water partition coefficient (Wildman–Crippen LogP) is 4.96. The number of hydrogen-bond donors (Lipinski definition) is 1. The average molecular weight is 394 g/mol. The van der Waals surface area contributed by atoms with Crippen LogP contribution in [0.25, 0.3) is 11.0 Å². The summed E-state index contributed by atoms with van der Waals surface area (Å²) >= 11 is 0. The van der Waals surface area contributed by atoms with Crippen LogP contribution < -0.4 is 10.1 Å². The van der Waals surface area contributed by atoms with Crippen molar-refractivity contribution in [2.24, 2.45) is 0 Å². The third-order valence-electron chi connectivity index (χ3n) is 5.07. The minimum atomic E-state index is 0.0348. The maximum Gasteiger partial charge on any atom is 0.220 e. The number of para-hydroxylation sites is 2. The molecule has 3 aromatic rings. The molecule has 5 nitrogen and oxygen atoms in total. The molecule has 0 aliphatic heterocycles. The summed E-state index contributed by atoms with van der Waals surface area (Å²) in [4.78, 5) is 16.4. The number of aryl methyl sites for hydroxylation is 2. The van der Waals surface area contributed by atoms with Crippen molar-refractivity contribution in [1.29, 1.82) is 0 Å². The van der Waals surface area contributed by atoms with Crippen LogP contribution in [0.5, 0.6) is 5.75 Å². The van der Waals surface area contributed by atoms with Crippen LogP contribution in [0.4, 0.5) is 0 Å². The fraction of sp³-hybridized carbons (Fsp3) is 0.417. The van der Waals surface area contributed by atoms with E-state index in [0.717, 1.165) is 35.6 Å². The monoisotopic (exact) mass is 393 g/mol. The number of imidazole rings is 1. The Kier molecular flexibility index (Phi) is 6.91. The van der Waals surface area contributed by atoms with Crippen LogP contribution in [0.3, 0.4) is 0 Å². The first-order valence-electron chi connectivity index (χ1n) is 10.4. The Hall–Kier alpha value is -2.82. The SMILES string of the molecule is CCC(=O)NCc1nc2ccccc2n1CCCOc1cc(C)ccc1C(C)C. The first kappa shape index (κ1) is 20.9. The van der Waals surface area contributed by atoms with Crippen molar-refractivity contribution in [1.82, 2.24) is 14.9 Å². The number of rotatable bonds is 9. The second kappa shape index (κ2) is 9.59. The third kappa shape index (κ3) is 5.17. The van der Waals surface area contributed by atoms with Crippen molar-refractivity contribution in [2.45, 2.75) is 59.5 Å². The molecule has 0 saturated heterocycles. The van der Waals surface area contributed by atoms with Gasteiger partial charge in [-0.25, -0.2) is 4.98 Å². The number of carbonyl (C=O) groups is 1. The Morgan fingerprint density at radius 3 is 2.76 bits per heavy atom. The third-order valence-corrected chi connectivity index (χ3v) is 5.07. The number of ether oxygens (including phenoxy) is 1. The molecule has 0 fully saturated rings. The maximum atomic E-state index is 11.7. The van der Waals surface area contributed by atoms with E-state index in [0.29, 0.717) is 25.5 Å². The van der Waals surface area contributed by atoms with E-state index in [-0.39, 0.29) is 5.91 Å². The van der Waals surface area contributed by atoms with Gasteiger partial charge in [0.15, 0.2) is 0 Å². The van der Waals surface area contributed by atoms with E-state index in [1.807, 2.05) is 25.1 Å². The molecule has 1 N–H and O–H groups in total. The molecule has 1 amide bonds. The summed E-state index contributed by atoms with van der Waals surface area (Å²) in [5.41, 5.74) is 4.49. The van der Waals surface area contributed by atoms with Gasteiger partial charge in [0.1, 0.15) is 11.6 Å². The van der Waals surface area contributed by atoms with E-state index >= 15 is 0 Å². The van der Waals surface area contributed by atoms with E-state index in [2.05, 4.69) is 54.9 Å². The van der Waals surface area contributed by atoms with E-state index < -0.39 is 0 Å². The van der Waals surface area contributed by atoms with Gasteiger partial charge in [0.25, 0.3) is 0 Å². The van der Waals surface area contributed by atoms with E-state index in [4.69, 9.17) is 9.72 Å². The molecule has 0 atom stereocenters.